The van der Waals surface area contributed by atoms with Crippen LogP contribution in [0.3, 0.4) is 0 Å². The third-order valence-electron chi connectivity index (χ3n) is 3.70. The van der Waals surface area contributed by atoms with Crippen molar-refractivity contribution < 1.29 is 26.3 Å². The molecule has 0 aliphatic carbocycles. The van der Waals surface area contributed by atoms with Crippen LogP contribution in [0.4, 0.5) is 26.3 Å². The van der Waals surface area contributed by atoms with Crippen molar-refractivity contribution in [3.8, 4) is 0 Å². The summed E-state index contributed by atoms with van der Waals surface area (Å²) in [6, 6.07) is 6.61. The second-order valence-corrected chi connectivity index (χ2v) is 14.8. The highest BCUT2D eigenvalue weighted by molar-refractivity contribution is 7.65. The Morgan fingerprint density at radius 1 is 0.786 bits per heavy atom. The van der Waals surface area contributed by atoms with Crippen LogP contribution in [0.2, 0.25) is 0 Å². The zero-order chi connectivity index (χ0) is 21.8. The van der Waals surface area contributed by atoms with Gasteiger partial charge in [-0.2, -0.15) is 26.3 Å². The molecular weight excluding hydrogens is 465 g/mol. The van der Waals surface area contributed by atoms with E-state index >= 15 is 0 Å². The fraction of sp³-hybridized carbons (Fsp3) is 0.222. The number of hydrogen-bond acceptors (Lipinski definition) is 0. The van der Waals surface area contributed by atoms with Crippen molar-refractivity contribution >= 4 is 45.3 Å². The van der Waals surface area contributed by atoms with E-state index in [1.807, 2.05) is 0 Å². The van der Waals surface area contributed by atoms with Crippen LogP contribution in [0.1, 0.15) is 34.7 Å². The molecule has 0 aliphatic heterocycles. The van der Waals surface area contributed by atoms with Crippen LogP contribution in [0.5, 0.6) is 0 Å². The van der Waals surface area contributed by atoms with E-state index in [9.17, 15) is 26.3 Å². The van der Waals surface area contributed by atoms with Gasteiger partial charge in [0.05, 0.1) is 11.1 Å². The van der Waals surface area contributed by atoms with Gasteiger partial charge in [-0.25, -0.2) is 0 Å². The predicted molar refractivity (Wildman–Crippen MR) is 105 cm³/mol. The fourth-order valence-electron chi connectivity index (χ4n) is 1.96. The quantitative estimate of drug-likeness (QED) is 0.236. The van der Waals surface area contributed by atoms with Gasteiger partial charge in [-0.05, 0) is 35.4 Å². The van der Waals surface area contributed by atoms with E-state index in [2.05, 4.69) is 6.58 Å². The van der Waals surface area contributed by atoms with Crippen molar-refractivity contribution in [1.29, 1.82) is 0 Å². The van der Waals surface area contributed by atoms with Gasteiger partial charge in [-0.1, -0.05) is 43.8 Å². The Balaban J connectivity index is 0.000000292. The van der Waals surface area contributed by atoms with Gasteiger partial charge >= 0.3 is 18.4 Å². The summed E-state index contributed by atoms with van der Waals surface area (Å²) in [5.74, 6) is 0. The first-order valence-electron chi connectivity index (χ1n) is 7.70. The van der Waals surface area contributed by atoms with Crippen molar-refractivity contribution in [2.45, 2.75) is 24.8 Å². The number of hydrogen-bond donors (Lipinski definition) is 0. The van der Waals surface area contributed by atoms with Crippen LogP contribution in [0.25, 0.3) is 6.08 Å². The van der Waals surface area contributed by atoms with Crippen LogP contribution >= 0.6 is 33.2 Å². The molecule has 0 aliphatic rings. The summed E-state index contributed by atoms with van der Waals surface area (Å²) in [5, 5.41) is 0. The molecule has 0 fully saturated rings. The van der Waals surface area contributed by atoms with Crippen LogP contribution in [-0.2, 0) is 12.4 Å². The molecule has 2 rings (SSSR count). The third kappa shape index (κ3) is 7.70. The maximum atomic E-state index is 12.3. The van der Waals surface area contributed by atoms with Gasteiger partial charge in [0, 0.05) is 5.54 Å². The number of halogens is 9. The van der Waals surface area contributed by atoms with E-state index < -0.39 is 29.5 Å². The van der Waals surface area contributed by atoms with Crippen molar-refractivity contribution in [2.75, 3.05) is 0 Å². The molecule has 0 amide bonds. The van der Waals surface area contributed by atoms with Crippen LogP contribution in [0.15, 0.2) is 55.1 Å². The monoisotopic (exact) mass is 478 g/mol. The first-order chi connectivity index (χ1) is 12.7. The molecule has 0 heterocycles. The second-order valence-electron chi connectivity index (χ2n) is 5.71. The van der Waals surface area contributed by atoms with Gasteiger partial charge in [0.15, 0.2) is 0 Å². The van der Waals surface area contributed by atoms with Crippen molar-refractivity contribution in [3.05, 3.63) is 77.4 Å². The first kappa shape index (κ1) is 24.9. The standard InChI is InChI=1S/C9H8Cl3F3Si.C9H7F3/c1-6(16(10,11)12)7-2-4-8(5-3-7)9(13,14)15;1-2-7-3-5-8(6-4-7)9(10,11)12/h2-6H,1H3;2-6H,1H2. The highest BCUT2D eigenvalue weighted by atomic mass is 35.8. The van der Waals surface area contributed by atoms with Gasteiger partial charge in [-0.15, -0.1) is 33.2 Å². The van der Waals surface area contributed by atoms with E-state index in [1.165, 1.54) is 30.3 Å². The zero-order valence-electron chi connectivity index (χ0n) is 14.4. The van der Waals surface area contributed by atoms with E-state index in [4.69, 9.17) is 33.2 Å². The summed E-state index contributed by atoms with van der Waals surface area (Å²) >= 11 is 17.4. The molecule has 0 saturated carbocycles. The van der Waals surface area contributed by atoms with E-state index in [-0.39, 0.29) is 5.54 Å². The minimum atomic E-state index is -4.33. The lowest BCUT2D eigenvalue weighted by atomic mass is 10.1. The maximum absolute atomic E-state index is 12.3. The van der Waals surface area contributed by atoms with E-state index in [0.29, 0.717) is 11.1 Å². The summed E-state index contributed by atoms with van der Waals surface area (Å²) in [6.07, 6.45) is -7.08. The molecule has 28 heavy (non-hydrogen) atoms. The molecule has 0 saturated heterocycles. The second kappa shape index (κ2) is 9.56. The average Bonchev–Trinajstić information content (AvgIpc) is 2.59. The smallest absolute Gasteiger partial charge is 0.166 e. The van der Waals surface area contributed by atoms with Crippen molar-refractivity contribution in [1.82, 2.24) is 0 Å². The lowest BCUT2D eigenvalue weighted by Crippen LogP contribution is -2.20. The summed E-state index contributed by atoms with van der Waals surface area (Å²) in [4.78, 5) is 0. The van der Waals surface area contributed by atoms with Gasteiger partial charge < -0.3 is 0 Å². The normalized spacial score (nSPS) is 13.4. The van der Waals surface area contributed by atoms with E-state index in [1.54, 1.807) is 6.92 Å². The summed E-state index contributed by atoms with van der Waals surface area (Å²) < 4.78 is 72.8. The summed E-state index contributed by atoms with van der Waals surface area (Å²) in [5.41, 5.74) is -0.370. The molecule has 154 valence electrons. The van der Waals surface area contributed by atoms with Gasteiger partial charge in [0.25, 0.3) is 0 Å². The molecule has 0 nitrogen and oxygen atoms in total. The molecule has 0 bridgehead atoms. The van der Waals surface area contributed by atoms with Crippen LogP contribution < -0.4 is 0 Å². The lowest BCUT2D eigenvalue weighted by molar-refractivity contribution is -0.138. The fourth-order valence-corrected chi connectivity index (χ4v) is 3.66. The van der Waals surface area contributed by atoms with Crippen LogP contribution in [-0.4, -0.2) is 6.00 Å². The minimum Gasteiger partial charge on any atom is -0.166 e. The largest absolute Gasteiger partial charge is 0.416 e. The van der Waals surface area contributed by atoms with Crippen LogP contribution in [0, 0.1) is 0 Å². The topological polar surface area (TPSA) is 0 Å². The molecule has 0 aromatic heterocycles. The predicted octanol–water partition coefficient (Wildman–Crippen LogP) is 8.35. The highest BCUT2D eigenvalue weighted by Crippen LogP contribution is 2.37. The molecule has 0 radical (unpaired) electrons. The molecule has 10 heteroatoms. The third-order valence-corrected chi connectivity index (χ3v) is 7.96. The number of rotatable bonds is 3. The number of benzene rings is 2. The summed E-state index contributed by atoms with van der Waals surface area (Å²) in [7, 11) is 0. The Kier molecular flexibility index (Phi) is 8.50. The summed E-state index contributed by atoms with van der Waals surface area (Å²) in [6.45, 7) is 5.14. The van der Waals surface area contributed by atoms with E-state index in [0.717, 1.165) is 24.3 Å². The Labute approximate surface area is 173 Å². The highest BCUT2D eigenvalue weighted by Gasteiger charge is 2.35. The van der Waals surface area contributed by atoms with Crippen molar-refractivity contribution in [2.24, 2.45) is 0 Å². The molecule has 1 unspecified atom stereocenters. The molecular formula is C18H15Cl3F6Si. The Hall–Kier alpha value is -1.15. The van der Waals surface area contributed by atoms with Gasteiger partial charge in [0.1, 0.15) is 0 Å². The number of alkyl halides is 6. The SMILES string of the molecule is C=Cc1ccc(C(F)(F)F)cc1.CC(c1ccc(C(F)(F)F)cc1)[Si](Cl)(Cl)Cl. The van der Waals surface area contributed by atoms with Crippen molar-refractivity contribution in [3.63, 3.8) is 0 Å². The first-order valence-corrected chi connectivity index (χ1v) is 12.8. The Morgan fingerprint density at radius 3 is 1.43 bits per heavy atom. The molecule has 2 aromatic carbocycles. The molecule has 0 N–H and O–H groups in total. The molecule has 0 spiro atoms. The maximum Gasteiger partial charge on any atom is 0.416 e. The lowest BCUT2D eigenvalue weighted by Gasteiger charge is -2.18. The Morgan fingerprint density at radius 2 is 1.14 bits per heavy atom. The van der Waals surface area contributed by atoms with Gasteiger partial charge in [-0.3, -0.25) is 0 Å². The molecule has 2 aromatic rings. The Bertz CT molecular complexity index is 762. The minimum absolute atomic E-state index is 0.334. The van der Waals surface area contributed by atoms with Gasteiger partial charge in [0.2, 0.25) is 0 Å². The average molecular weight is 480 g/mol. The zero-order valence-corrected chi connectivity index (χ0v) is 17.7. The molecule has 1 atom stereocenters.